The lowest BCUT2D eigenvalue weighted by Gasteiger charge is -2.37. The van der Waals surface area contributed by atoms with E-state index >= 15 is 0 Å². The second-order valence-electron chi connectivity index (χ2n) is 9.56. The van der Waals surface area contributed by atoms with E-state index in [-0.39, 0.29) is 13.4 Å². The Hall–Kier alpha value is -4.06. The molecule has 5 rings (SSSR count). The molecule has 0 bridgehead atoms. The molecule has 0 amide bonds. The van der Waals surface area contributed by atoms with Crippen molar-refractivity contribution in [2.45, 2.75) is 30.1 Å². The van der Waals surface area contributed by atoms with Gasteiger partial charge in [-0.05, 0) is 28.8 Å². The molecule has 1 fully saturated rings. The van der Waals surface area contributed by atoms with Crippen molar-refractivity contribution < 1.29 is 28.8 Å². The first-order valence-electron chi connectivity index (χ1n) is 13.1. The van der Waals surface area contributed by atoms with Crippen LogP contribution in [-0.4, -0.2) is 60.6 Å². The van der Waals surface area contributed by atoms with Gasteiger partial charge >= 0.3 is 5.69 Å². The molecule has 10 nitrogen and oxygen atoms in total. The standard InChI is InChI=1S/C31H32N2O8/c1-37-20-39-28-27(35)25(41-29(28)33-18-17-26(34)32-30(33)36)19-40-31(21-9-5-3-6-10-21,22-11-7-4-8-12-22)23-13-15-24(38-2)16-14-23/h3-18,25,27-29,35H,19-20H2,1-2H3,(H,32,34,36)/t25-,27-,28-,29-/m1/s1. The Labute approximate surface area is 236 Å². The third-order valence-corrected chi connectivity index (χ3v) is 7.14. The van der Waals surface area contributed by atoms with Crippen LogP contribution in [0.2, 0.25) is 0 Å². The zero-order valence-electron chi connectivity index (χ0n) is 22.7. The summed E-state index contributed by atoms with van der Waals surface area (Å²) in [5.41, 5.74) is 0.239. The number of nitrogens with one attached hydrogen (secondary N) is 1. The molecule has 1 aromatic heterocycles. The lowest BCUT2D eigenvalue weighted by molar-refractivity contribution is -0.130. The summed E-state index contributed by atoms with van der Waals surface area (Å²) < 4.78 is 30.4. The molecule has 41 heavy (non-hydrogen) atoms. The lowest BCUT2D eigenvalue weighted by Crippen LogP contribution is -2.41. The van der Waals surface area contributed by atoms with Crippen LogP contribution in [0.1, 0.15) is 22.9 Å². The third kappa shape index (κ3) is 5.74. The highest BCUT2D eigenvalue weighted by Crippen LogP contribution is 2.42. The fraction of sp³-hybridized carbons (Fsp3) is 0.290. The minimum Gasteiger partial charge on any atom is -0.497 e. The van der Waals surface area contributed by atoms with E-state index in [1.54, 1.807) is 7.11 Å². The molecule has 1 aliphatic heterocycles. The van der Waals surface area contributed by atoms with Gasteiger partial charge in [-0.1, -0.05) is 72.8 Å². The Morgan fingerprint density at radius 2 is 1.49 bits per heavy atom. The van der Waals surface area contributed by atoms with Crippen LogP contribution in [0.3, 0.4) is 0 Å². The van der Waals surface area contributed by atoms with Crippen molar-refractivity contribution in [2.24, 2.45) is 0 Å². The number of rotatable bonds is 11. The highest BCUT2D eigenvalue weighted by Gasteiger charge is 2.48. The van der Waals surface area contributed by atoms with Gasteiger partial charge < -0.3 is 28.8 Å². The predicted octanol–water partition coefficient (Wildman–Crippen LogP) is 2.80. The van der Waals surface area contributed by atoms with E-state index in [4.69, 9.17) is 23.7 Å². The van der Waals surface area contributed by atoms with Gasteiger partial charge in [-0.15, -0.1) is 0 Å². The Morgan fingerprint density at radius 3 is 2.05 bits per heavy atom. The van der Waals surface area contributed by atoms with Crippen molar-refractivity contribution in [3.8, 4) is 5.75 Å². The first-order valence-corrected chi connectivity index (χ1v) is 13.1. The molecule has 3 aromatic carbocycles. The topological polar surface area (TPSA) is 121 Å². The molecule has 4 aromatic rings. The van der Waals surface area contributed by atoms with E-state index in [1.807, 2.05) is 84.9 Å². The first kappa shape index (κ1) is 28.5. The van der Waals surface area contributed by atoms with E-state index in [0.29, 0.717) is 5.75 Å². The monoisotopic (exact) mass is 560 g/mol. The smallest absolute Gasteiger partial charge is 0.330 e. The number of ether oxygens (including phenoxy) is 5. The Morgan fingerprint density at radius 1 is 0.878 bits per heavy atom. The molecule has 4 atom stereocenters. The quantitative estimate of drug-likeness (QED) is 0.212. The normalized spacial score (nSPS) is 20.7. The first-order chi connectivity index (χ1) is 20.0. The summed E-state index contributed by atoms with van der Waals surface area (Å²) in [6.07, 6.45) is -2.79. The SMILES string of the molecule is COCO[C@@H]1[C@H](O)[C@@H](COC(c2ccccc2)(c2ccccc2)c2ccc(OC)cc2)O[C@H]1n1ccc(=O)[nH]c1=O. The van der Waals surface area contributed by atoms with Crippen LogP contribution in [0.4, 0.5) is 0 Å². The number of aromatic nitrogens is 2. The molecule has 1 aliphatic rings. The summed E-state index contributed by atoms with van der Waals surface area (Å²) in [4.78, 5) is 26.5. The zero-order valence-corrected chi connectivity index (χ0v) is 22.7. The summed E-state index contributed by atoms with van der Waals surface area (Å²) in [5.74, 6) is 0.700. The molecule has 10 heteroatoms. The maximum atomic E-state index is 12.6. The van der Waals surface area contributed by atoms with E-state index in [9.17, 15) is 14.7 Å². The number of hydrogen-bond acceptors (Lipinski definition) is 8. The zero-order chi connectivity index (χ0) is 28.8. The predicted molar refractivity (Wildman–Crippen MR) is 150 cm³/mol. The molecule has 0 unspecified atom stereocenters. The molecule has 2 N–H and O–H groups in total. The summed E-state index contributed by atoms with van der Waals surface area (Å²) in [5, 5.41) is 11.3. The minimum atomic E-state index is -1.19. The van der Waals surface area contributed by atoms with E-state index in [0.717, 1.165) is 16.7 Å². The van der Waals surface area contributed by atoms with Crippen molar-refractivity contribution in [3.63, 3.8) is 0 Å². The Balaban J connectivity index is 1.55. The maximum absolute atomic E-state index is 12.6. The number of hydrogen-bond donors (Lipinski definition) is 2. The molecular formula is C31H32N2O8. The fourth-order valence-corrected chi connectivity index (χ4v) is 5.16. The van der Waals surface area contributed by atoms with Crippen LogP contribution >= 0.6 is 0 Å². The third-order valence-electron chi connectivity index (χ3n) is 7.14. The number of aromatic amines is 1. The van der Waals surface area contributed by atoms with E-state index in [1.165, 1.54) is 23.9 Å². The van der Waals surface area contributed by atoms with Gasteiger partial charge in [0.1, 0.15) is 36.5 Å². The lowest BCUT2D eigenvalue weighted by atomic mass is 9.80. The number of aliphatic hydroxyl groups is 1. The molecule has 214 valence electrons. The molecule has 0 aliphatic carbocycles. The molecule has 2 heterocycles. The number of methoxy groups -OCH3 is 2. The molecular weight excluding hydrogens is 528 g/mol. The second-order valence-corrected chi connectivity index (χ2v) is 9.56. The average molecular weight is 561 g/mol. The summed E-state index contributed by atoms with van der Waals surface area (Å²) in [6, 6.07) is 28.4. The molecule has 0 radical (unpaired) electrons. The van der Waals surface area contributed by atoms with E-state index in [2.05, 4.69) is 4.98 Å². The van der Waals surface area contributed by atoms with Crippen LogP contribution in [0.5, 0.6) is 5.75 Å². The number of nitrogens with zero attached hydrogens (tertiary/aromatic N) is 1. The largest absolute Gasteiger partial charge is 0.497 e. The minimum absolute atomic E-state index is 0.0710. The van der Waals surface area contributed by atoms with Crippen molar-refractivity contribution in [2.75, 3.05) is 27.6 Å². The summed E-state index contributed by atoms with van der Waals surface area (Å²) in [6.45, 7) is -0.213. The van der Waals surface area contributed by atoms with Gasteiger partial charge in [0.15, 0.2) is 6.23 Å². The average Bonchev–Trinajstić information content (AvgIpc) is 3.32. The molecule has 1 saturated heterocycles. The van der Waals surface area contributed by atoms with Crippen LogP contribution in [0, 0.1) is 0 Å². The van der Waals surface area contributed by atoms with Crippen LogP contribution in [0.15, 0.2) is 107 Å². The summed E-state index contributed by atoms with van der Waals surface area (Å²) >= 11 is 0. The second kappa shape index (κ2) is 12.6. The van der Waals surface area contributed by atoms with Gasteiger partial charge in [0, 0.05) is 19.4 Å². The van der Waals surface area contributed by atoms with Crippen LogP contribution in [0.25, 0.3) is 0 Å². The van der Waals surface area contributed by atoms with Crippen molar-refractivity contribution in [1.82, 2.24) is 9.55 Å². The van der Waals surface area contributed by atoms with Gasteiger partial charge in [0.25, 0.3) is 5.56 Å². The molecule has 0 spiro atoms. The highest BCUT2D eigenvalue weighted by molar-refractivity contribution is 5.48. The van der Waals surface area contributed by atoms with Crippen molar-refractivity contribution >= 4 is 0 Å². The number of H-pyrrole nitrogens is 1. The van der Waals surface area contributed by atoms with Crippen molar-refractivity contribution in [3.05, 3.63) is 135 Å². The van der Waals surface area contributed by atoms with E-state index < -0.39 is 41.4 Å². The number of aliphatic hydroxyl groups excluding tert-OH is 1. The van der Waals surface area contributed by atoms with Gasteiger partial charge in [0.2, 0.25) is 0 Å². The summed E-state index contributed by atoms with van der Waals surface area (Å²) in [7, 11) is 3.06. The Bertz CT molecular complexity index is 1480. The maximum Gasteiger partial charge on any atom is 0.330 e. The van der Waals surface area contributed by atoms with Crippen LogP contribution < -0.4 is 16.0 Å². The van der Waals surface area contributed by atoms with Crippen LogP contribution in [-0.2, 0) is 24.5 Å². The van der Waals surface area contributed by atoms with Gasteiger partial charge in [0.05, 0.1) is 13.7 Å². The van der Waals surface area contributed by atoms with Crippen molar-refractivity contribution in [1.29, 1.82) is 0 Å². The molecule has 0 saturated carbocycles. The van der Waals surface area contributed by atoms with Gasteiger partial charge in [-0.2, -0.15) is 0 Å². The number of benzene rings is 3. The van der Waals surface area contributed by atoms with Gasteiger partial charge in [-0.3, -0.25) is 14.3 Å². The fourth-order valence-electron chi connectivity index (χ4n) is 5.16. The van der Waals surface area contributed by atoms with Gasteiger partial charge in [-0.25, -0.2) is 4.79 Å². The highest BCUT2D eigenvalue weighted by atomic mass is 16.7. The Kier molecular flexibility index (Phi) is 8.77.